The molecule has 3 aliphatic carbocycles. The standard InChI is InChI=1S/2C31H33F2N3O16P2.C21H25ClFN3O11P2/c32-21-10-19-23(35(16-1-2-16)13-20(26(19)37)27(38)39)11-24(21)34-7-5-31(42,6-8-34)15-50-25-4-3-17(9-22(25)33)36-12-18(51-28(36)40)14-49-29(41)52-30(53(43,44)45)54(46,47)48;32-21-10-19-23(35(16-1-2-16)13-20(26(19)38)27(39)40)11-24(21)34-7-5-31(6-8-34,52-29(42)51-30(53(43,44)45)54(46,47)48)15-49-25-4-3-17(9-22(25)33)36-12-18(14-37)50-28(36)41;22-15-16-12(18(27)13(19(28)29)9-26(16)11-4-5-11)7-14(23)17(15)25-6-2-1-3-10(8-25)24-20(30)37-21(38(31,32)33)39(34,35)36/h3-4,9-11,13,16,18,30,42H,1-2,5-8,12,14-15H2,(H,38,39)(H2,43,44,45)(H2,46,47,48);3-4,9-11,13,16,18,30,37H,1-2,5-8,12,14-15H2,(H,39,40)(H2,43,44,45)(H2,46,47,48);7,9-11,21H,1-6,8H2,(H,24,30)(H,28,29)(H2,31,32,33)(H2,34,35,36)/t2*18-;10-/m111/s1. The van der Waals surface area contributed by atoms with E-state index in [1.807, 2.05) is 0 Å². The van der Waals surface area contributed by atoms with E-state index in [1.165, 1.54) is 58.7 Å². The number of halogens is 6. The number of hydrogen-bond acceptors (Lipinski definition) is 31. The Balaban J connectivity index is 0.000000177. The van der Waals surface area contributed by atoms with Gasteiger partial charge in [0, 0.05) is 118 Å². The number of nitrogens with one attached hydrogen (secondary N) is 1. The fourth-order valence-corrected chi connectivity index (χ4v) is 23.5. The van der Waals surface area contributed by atoms with Crippen molar-refractivity contribution in [2.45, 2.75) is 148 Å². The highest BCUT2D eigenvalue weighted by atomic mass is 35.5. The van der Waals surface area contributed by atoms with E-state index in [1.54, 1.807) is 18.6 Å². The monoisotopic (exact) mass is 2220 g/mol. The Morgan fingerprint density at radius 1 is 0.463 bits per heavy atom. The van der Waals surface area contributed by atoms with Crippen molar-refractivity contribution in [3.63, 3.8) is 0 Å². The van der Waals surface area contributed by atoms with Crippen LogP contribution in [0.2, 0.25) is 5.02 Å². The number of benzene rings is 5. The maximum absolute atomic E-state index is 15.7. The van der Waals surface area contributed by atoms with Gasteiger partial charge in [0.15, 0.2) is 34.8 Å². The van der Waals surface area contributed by atoms with E-state index in [4.69, 9.17) is 54.9 Å². The van der Waals surface area contributed by atoms with Crippen LogP contribution in [0.1, 0.15) is 133 Å². The molecule has 798 valence electrons. The molecule has 8 heterocycles. The molecule has 3 atom stereocenters. The lowest BCUT2D eigenvalue weighted by atomic mass is 9.91. The summed E-state index contributed by atoms with van der Waals surface area (Å²) in [6.45, 7) is -2.33. The van der Waals surface area contributed by atoms with Crippen LogP contribution in [0.3, 0.4) is 0 Å². The number of nitrogens with zero attached hydrogens (tertiary/aromatic N) is 8. The van der Waals surface area contributed by atoms with Gasteiger partial charge in [0.25, 0.3) is 0 Å². The zero-order valence-electron chi connectivity index (χ0n) is 75.7. The number of pyridine rings is 3. The molecule has 8 aliphatic rings. The first kappa shape index (κ1) is 111. The van der Waals surface area contributed by atoms with Crippen molar-refractivity contribution < 1.29 is 215 Å². The van der Waals surface area contributed by atoms with E-state index in [2.05, 4.69) is 24.3 Å². The van der Waals surface area contributed by atoms with Gasteiger partial charge in [-0.25, -0.2) is 60.3 Å². The minimum absolute atomic E-state index is 0.00582. The fraction of sp³-hybridized carbons (Fsp3) is 0.434. The Morgan fingerprint density at radius 3 is 1.29 bits per heavy atom. The van der Waals surface area contributed by atoms with Crippen LogP contribution in [-0.4, -0.2) is 271 Å². The Bertz CT molecular complexity index is 7040. The highest BCUT2D eigenvalue weighted by molar-refractivity contribution is 7.71. The minimum Gasteiger partial charge on any atom is -0.488 e. The Labute approximate surface area is 826 Å². The van der Waals surface area contributed by atoms with Gasteiger partial charge in [-0.1, -0.05) is 11.6 Å². The zero-order chi connectivity index (χ0) is 108. The summed E-state index contributed by atoms with van der Waals surface area (Å²) in [4.78, 5) is 252. The maximum atomic E-state index is 15.7. The van der Waals surface area contributed by atoms with Crippen molar-refractivity contribution in [2.24, 2.45) is 0 Å². The number of aromatic carboxylic acids is 3. The predicted octanol–water partition coefficient (Wildman–Crippen LogP) is 8.23. The van der Waals surface area contributed by atoms with Gasteiger partial charge in [-0.3, -0.25) is 51.6 Å². The molecule has 8 aromatic rings. The van der Waals surface area contributed by atoms with Crippen LogP contribution in [0.25, 0.3) is 32.7 Å². The highest BCUT2D eigenvalue weighted by Gasteiger charge is 2.53. The molecule has 3 aromatic heterocycles. The zero-order valence-corrected chi connectivity index (χ0v) is 81.8. The predicted molar refractivity (Wildman–Crippen MR) is 495 cm³/mol. The lowest BCUT2D eigenvalue weighted by Gasteiger charge is -2.41. The van der Waals surface area contributed by atoms with Crippen LogP contribution in [-0.2, 0) is 60.5 Å². The van der Waals surface area contributed by atoms with E-state index in [0.29, 0.717) is 50.5 Å². The number of aromatic nitrogens is 3. The number of carbonyl (C=O) groups excluding carboxylic acids is 5. The SMILES string of the molecule is O=C(N[C@@H]1CCCCN(c2c(F)cc3c(=O)c(C(=O)O)cn(C4CC4)c3c2Cl)C1)OC(P(=O)(O)O)P(=O)(O)O.O=C(OC(P(=O)(O)O)P(=O)(O)O)OC1(COc2ccc(N3C[C@H](CO)OC3=O)cc2F)CCN(c2cc3c(cc2F)c(=O)c(C(=O)O)cn3C2CC2)CC1.O=C(OC[C@H]1CN(c2ccc(OCC3(O)CCN(c4cc5c(cc4F)c(=O)c(C(=O)O)cn5C4CC4)CC3)c(F)c2)C(=O)O1)OC(P(=O)(O)O)P(=O)(O)O. The fourth-order valence-electron chi connectivity index (χ4n) is 17.0. The molecule has 0 bridgehead atoms. The lowest BCUT2D eigenvalue weighted by Crippen LogP contribution is -2.51. The quantitative estimate of drug-likeness (QED) is 0.00841. The summed E-state index contributed by atoms with van der Waals surface area (Å²) in [5, 5.41) is 50.8. The van der Waals surface area contributed by atoms with E-state index in [0.717, 1.165) is 59.0 Å². The summed E-state index contributed by atoms with van der Waals surface area (Å²) in [7, 11) is -33.7. The lowest BCUT2D eigenvalue weighted by molar-refractivity contribution is -0.0717. The van der Waals surface area contributed by atoms with Crippen LogP contribution in [0.4, 0.5) is 74.4 Å². The van der Waals surface area contributed by atoms with Crippen molar-refractivity contribution in [2.75, 3.05) is 103 Å². The first-order chi connectivity index (χ1) is 68.6. The van der Waals surface area contributed by atoms with Crippen LogP contribution in [0.5, 0.6) is 11.5 Å². The molecule has 16 rings (SSSR count). The largest absolute Gasteiger partial charge is 0.510 e. The molecule has 0 unspecified atom stereocenters. The molecule has 64 heteroatoms. The van der Waals surface area contributed by atoms with Gasteiger partial charge in [-0.2, -0.15) is 0 Å². The van der Waals surface area contributed by atoms with Gasteiger partial charge in [-0.05, 0) is 125 Å². The molecule has 5 aromatic carbocycles. The summed E-state index contributed by atoms with van der Waals surface area (Å²) in [5.74, 6) is -9.43. The normalized spacial score (nSPS) is 18.9. The summed E-state index contributed by atoms with van der Waals surface area (Å²) < 4.78 is 195. The number of hydrogen-bond donors (Lipinski definition) is 18. The van der Waals surface area contributed by atoms with Gasteiger partial charge in [0.2, 0.25) is 16.3 Å². The van der Waals surface area contributed by atoms with Crippen molar-refractivity contribution in [1.82, 2.24) is 19.0 Å². The molecule has 5 aliphatic heterocycles. The first-order valence-corrected chi connectivity index (χ1v) is 54.5. The van der Waals surface area contributed by atoms with E-state index in [-0.39, 0.29) is 169 Å². The molecule has 0 radical (unpaired) electrons. The number of piperidine rings is 2. The second kappa shape index (κ2) is 43.1. The topological polar surface area (TPSA) is 760 Å². The van der Waals surface area contributed by atoms with Crippen molar-refractivity contribution in [1.29, 1.82) is 0 Å². The van der Waals surface area contributed by atoms with Crippen LogP contribution in [0.15, 0.2) is 99.7 Å². The smallest absolute Gasteiger partial charge is 0.488 e. The molecule has 3 saturated carbocycles. The van der Waals surface area contributed by atoms with Crippen molar-refractivity contribution in [3.8, 4) is 11.5 Å². The maximum Gasteiger partial charge on any atom is 0.510 e. The number of anilines is 5. The number of carboxylic acid groups (broad SMARTS) is 3. The van der Waals surface area contributed by atoms with E-state index >= 15 is 22.0 Å². The highest BCUT2D eigenvalue weighted by Crippen LogP contribution is 2.63. The molecular weight excluding hydrogens is 2130 g/mol. The van der Waals surface area contributed by atoms with E-state index < -0.39 is 228 Å². The van der Waals surface area contributed by atoms with E-state index in [9.17, 15) is 145 Å². The average molecular weight is 2220 g/mol. The molecule has 3 amide bonds. The number of rotatable bonds is 31. The first-order valence-electron chi connectivity index (χ1n) is 44.1. The number of carboxylic acids is 3. The van der Waals surface area contributed by atoms with Gasteiger partial charge < -0.3 is 161 Å². The van der Waals surface area contributed by atoms with Crippen molar-refractivity contribution >= 4 is 167 Å². The Morgan fingerprint density at radius 2 is 0.864 bits per heavy atom. The number of cyclic esters (lactones) is 2. The third kappa shape index (κ3) is 25.7. The molecule has 18 N–H and O–H groups in total. The second-order valence-corrected chi connectivity index (χ2v) is 46.9. The molecule has 0 spiro atoms. The third-order valence-corrected chi connectivity index (χ3v) is 34.5. The minimum atomic E-state index is -5.74. The van der Waals surface area contributed by atoms with Gasteiger partial charge >= 0.3 is 111 Å². The van der Waals surface area contributed by atoms with Crippen LogP contribution < -0.4 is 55.6 Å². The van der Waals surface area contributed by atoms with Crippen LogP contribution in [0, 0.1) is 29.1 Å². The number of aliphatic hydroxyl groups is 2. The number of ether oxygens (including phenoxy) is 9. The third-order valence-electron chi connectivity index (χ3n) is 24.7. The van der Waals surface area contributed by atoms with Gasteiger partial charge in [0.05, 0.1) is 75.1 Å². The Kier molecular flexibility index (Phi) is 32.5. The number of aliphatic hydroxyl groups excluding tert-OH is 1. The molecule has 8 fully saturated rings. The van der Waals surface area contributed by atoms with Gasteiger partial charge in [0.1, 0.15) is 65.7 Å². The molecular formula is C83H91ClF5N9O43P6. The Hall–Kier alpha value is -11.8. The summed E-state index contributed by atoms with van der Waals surface area (Å²) in [6, 6.07) is 11.6. The van der Waals surface area contributed by atoms with Gasteiger partial charge in [-0.15, -0.1) is 0 Å². The number of carbonyl (C=O) groups is 8. The number of amides is 3. The average Bonchev–Trinajstić information content (AvgIpc) is 1.70. The molecule has 52 nitrogen and oxygen atoms in total. The molecule has 147 heavy (non-hydrogen) atoms. The van der Waals surface area contributed by atoms with Crippen LogP contribution >= 0.6 is 57.2 Å². The summed E-state index contributed by atoms with van der Waals surface area (Å²) >= 11 is 6.66. The summed E-state index contributed by atoms with van der Waals surface area (Å²) in [5.41, 5.74) is -15.6. The number of alkyl carbamates (subject to hydrolysis) is 1. The summed E-state index contributed by atoms with van der Waals surface area (Å²) in [6.07, 6.45) is -0.0172. The molecule has 5 saturated heterocycles. The second-order valence-electron chi connectivity index (χ2n) is 35.5. The van der Waals surface area contributed by atoms with Crippen molar-refractivity contribution in [3.05, 3.63) is 167 Å². The number of fused-ring (bicyclic) bond motifs is 3.